The predicted octanol–water partition coefficient (Wildman–Crippen LogP) is 0.339. The first-order valence-corrected chi connectivity index (χ1v) is 3.53. The normalized spacial score (nSPS) is 12.9. The van der Waals surface area contributed by atoms with Crippen LogP contribution in [0.25, 0.3) is 0 Å². The lowest BCUT2D eigenvalue weighted by Gasteiger charge is -2.13. The summed E-state index contributed by atoms with van der Waals surface area (Å²) in [5, 5.41) is 16.8. The average molecular weight is 176 g/mol. The van der Waals surface area contributed by atoms with Gasteiger partial charge in [0.05, 0.1) is 12.5 Å². The fourth-order valence-corrected chi connectivity index (χ4v) is 0.681. The summed E-state index contributed by atoms with van der Waals surface area (Å²) in [7, 11) is 0. The van der Waals surface area contributed by atoms with E-state index >= 15 is 0 Å². The van der Waals surface area contributed by atoms with E-state index in [9.17, 15) is 9.59 Å². The van der Waals surface area contributed by atoms with E-state index in [-0.39, 0.29) is 6.10 Å². The smallest absolute Gasteiger partial charge is 0.333 e. The van der Waals surface area contributed by atoms with E-state index in [1.807, 2.05) is 0 Å². The van der Waals surface area contributed by atoms with Crippen LogP contribution in [-0.4, -0.2) is 34.4 Å². The van der Waals surface area contributed by atoms with Gasteiger partial charge < -0.3 is 14.9 Å². The van der Waals surface area contributed by atoms with Crippen LogP contribution < -0.4 is 0 Å². The fraction of sp³-hybridized carbons (Fsp3) is 0.714. The molecule has 0 aromatic carbocycles. The minimum absolute atomic E-state index is 0.287. The van der Waals surface area contributed by atoms with Gasteiger partial charge in [-0.25, -0.2) is 4.79 Å². The van der Waals surface area contributed by atoms with Crippen molar-refractivity contribution in [2.45, 2.75) is 32.5 Å². The Labute approximate surface area is 70.0 Å². The number of carboxylic acid groups (broad SMARTS) is 2. The van der Waals surface area contributed by atoms with Gasteiger partial charge in [-0.3, -0.25) is 4.79 Å². The van der Waals surface area contributed by atoms with E-state index in [1.54, 1.807) is 13.8 Å². The number of ether oxygens (including phenoxy) is 1. The van der Waals surface area contributed by atoms with Crippen molar-refractivity contribution in [3.63, 3.8) is 0 Å². The van der Waals surface area contributed by atoms with E-state index in [0.717, 1.165) is 0 Å². The number of hydrogen-bond acceptors (Lipinski definition) is 3. The summed E-state index contributed by atoms with van der Waals surface area (Å²) in [6.45, 7) is 3.30. The van der Waals surface area contributed by atoms with Gasteiger partial charge in [0, 0.05) is 0 Å². The fourth-order valence-electron chi connectivity index (χ4n) is 0.681. The first-order valence-electron chi connectivity index (χ1n) is 3.53. The molecule has 0 amide bonds. The first kappa shape index (κ1) is 10.9. The number of hydrogen-bond donors (Lipinski definition) is 2. The van der Waals surface area contributed by atoms with Gasteiger partial charge in [-0.05, 0) is 13.8 Å². The third-order valence-corrected chi connectivity index (χ3v) is 1.07. The third kappa shape index (κ3) is 4.68. The molecular weight excluding hydrogens is 164 g/mol. The Bertz CT molecular complexity index is 175. The van der Waals surface area contributed by atoms with Crippen molar-refractivity contribution in [3.8, 4) is 0 Å². The van der Waals surface area contributed by atoms with Gasteiger partial charge in [0.1, 0.15) is 0 Å². The zero-order chi connectivity index (χ0) is 9.72. The molecule has 0 aromatic rings. The molecule has 1 unspecified atom stereocenters. The number of carbonyl (C=O) groups is 2. The van der Waals surface area contributed by atoms with Crippen molar-refractivity contribution in [1.82, 2.24) is 0 Å². The Balaban J connectivity index is 4.04. The van der Waals surface area contributed by atoms with Crippen molar-refractivity contribution in [1.29, 1.82) is 0 Å². The van der Waals surface area contributed by atoms with E-state index < -0.39 is 24.5 Å². The quantitative estimate of drug-likeness (QED) is 0.631. The molecule has 0 bridgehead atoms. The summed E-state index contributed by atoms with van der Waals surface area (Å²) in [4.78, 5) is 20.5. The van der Waals surface area contributed by atoms with Gasteiger partial charge >= 0.3 is 11.9 Å². The second-order valence-corrected chi connectivity index (χ2v) is 2.61. The van der Waals surface area contributed by atoms with Crippen LogP contribution in [0.3, 0.4) is 0 Å². The van der Waals surface area contributed by atoms with Gasteiger partial charge in [0.15, 0.2) is 6.10 Å². The molecule has 2 N–H and O–H groups in total. The molecule has 0 aliphatic heterocycles. The summed E-state index contributed by atoms with van der Waals surface area (Å²) in [5.74, 6) is -2.42. The van der Waals surface area contributed by atoms with E-state index in [1.165, 1.54) is 0 Å². The minimum atomic E-state index is -1.25. The summed E-state index contributed by atoms with van der Waals surface area (Å²) in [6, 6.07) is 0. The van der Waals surface area contributed by atoms with Crippen molar-refractivity contribution in [3.05, 3.63) is 0 Å². The number of rotatable bonds is 5. The Morgan fingerprint density at radius 1 is 1.33 bits per heavy atom. The first-order chi connectivity index (χ1) is 5.43. The van der Waals surface area contributed by atoms with Crippen LogP contribution in [0.5, 0.6) is 0 Å². The molecule has 5 nitrogen and oxygen atoms in total. The van der Waals surface area contributed by atoms with Crippen molar-refractivity contribution in [2.75, 3.05) is 0 Å². The summed E-state index contributed by atoms with van der Waals surface area (Å²) in [6.07, 6.45) is -2.04. The molecular formula is C7H12O5. The lowest BCUT2D eigenvalue weighted by molar-refractivity contribution is -0.159. The summed E-state index contributed by atoms with van der Waals surface area (Å²) in [5.41, 5.74) is 0. The maximum absolute atomic E-state index is 10.4. The van der Waals surface area contributed by atoms with Crippen molar-refractivity contribution >= 4 is 11.9 Å². The molecule has 0 saturated heterocycles. The maximum Gasteiger partial charge on any atom is 0.333 e. The molecule has 0 aromatic heterocycles. The Morgan fingerprint density at radius 3 is 2.08 bits per heavy atom. The van der Waals surface area contributed by atoms with E-state index in [4.69, 9.17) is 14.9 Å². The van der Waals surface area contributed by atoms with Gasteiger partial charge in [-0.2, -0.15) is 0 Å². The van der Waals surface area contributed by atoms with Crippen molar-refractivity contribution < 1.29 is 24.5 Å². The topological polar surface area (TPSA) is 83.8 Å². The number of carboxylic acids is 2. The largest absolute Gasteiger partial charge is 0.481 e. The van der Waals surface area contributed by atoms with Crippen LogP contribution in [0.1, 0.15) is 20.3 Å². The highest BCUT2D eigenvalue weighted by Crippen LogP contribution is 2.02. The van der Waals surface area contributed by atoms with Gasteiger partial charge in [-0.15, -0.1) is 0 Å². The van der Waals surface area contributed by atoms with E-state index in [2.05, 4.69) is 0 Å². The number of aliphatic carboxylic acids is 2. The molecule has 0 rings (SSSR count). The van der Waals surface area contributed by atoms with Crippen LogP contribution in [0, 0.1) is 0 Å². The molecule has 0 spiro atoms. The van der Waals surface area contributed by atoms with Crippen LogP contribution in [0.2, 0.25) is 0 Å². The lowest BCUT2D eigenvalue weighted by atomic mass is 10.2. The van der Waals surface area contributed by atoms with Gasteiger partial charge in [0.2, 0.25) is 0 Å². The van der Waals surface area contributed by atoms with Crippen LogP contribution >= 0.6 is 0 Å². The molecule has 0 heterocycles. The highest BCUT2D eigenvalue weighted by atomic mass is 16.5. The summed E-state index contributed by atoms with van der Waals surface area (Å²) >= 11 is 0. The molecule has 0 saturated carbocycles. The Kier molecular flexibility index (Phi) is 4.28. The standard InChI is InChI=1S/C7H12O5/c1-4(2)12-5(7(10)11)3-6(8)9/h4-5H,3H2,1-2H3,(H,8,9)(H,10,11). The predicted molar refractivity (Wildman–Crippen MR) is 39.9 cm³/mol. The summed E-state index contributed by atoms with van der Waals surface area (Å²) < 4.78 is 4.84. The van der Waals surface area contributed by atoms with Crippen LogP contribution in [0.15, 0.2) is 0 Å². The zero-order valence-corrected chi connectivity index (χ0v) is 6.98. The molecule has 0 aliphatic rings. The Hall–Kier alpha value is -1.10. The third-order valence-electron chi connectivity index (χ3n) is 1.07. The molecule has 5 heteroatoms. The Morgan fingerprint density at radius 2 is 1.83 bits per heavy atom. The average Bonchev–Trinajstić information content (AvgIpc) is 1.83. The molecule has 1 atom stereocenters. The van der Waals surface area contributed by atoms with E-state index in [0.29, 0.717) is 0 Å². The van der Waals surface area contributed by atoms with Gasteiger partial charge in [0.25, 0.3) is 0 Å². The maximum atomic E-state index is 10.4. The SMILES string of the molecule is CC(C)OC(CC(=O)O)C(=O)O. The minimum Gasteiger partial charge on any atom is -0.481 e. The molecule has 70 valence electrons. The van der Waals surface area contributed by atoms with Gasteiger partial charge in [-0.1, -0.05) is 0 Å². The monoisotopic (exact) mass is 176 g/mol. The molecule has 12 heavy (non-hydrogen) atoms. The highest BCUT2D eigenvalue weighted by Gasteiger charge is 2.22. The molecule has 0 radical (unpaired) electrons. The van der Waals surface area contributed by atoms with Crippen LogP contribution in [0.4, 0.5) is 0 Å². The van der Waals surface area contributed by atoms with Crippen LogP contribution in [-0.2, 0) is 14.3 Å². The molecule has 0 fully saturated rings. The second kappa shape index (κ2) is 4.71. The second-order valence-electron chi connectivity index (χ2n) is 2.61. The molecule has 0 aliphatic carbocycles. The zero-order valence-electron chi connectivity index (χ0n) is 6.98. The highest BCUT2D eigenvalue weighted by molar-refractivity contribution is 5.79. The lowest BCUT2D eigenvalue weighted by Crippen LogP contribution is -2.29. The van der Waals surface area contributed by atoms with Crippen molar-refractivity contribution in [2.24, 2.45) is 0 Å².